The molecule has 1 aliphatic heterocycles. The van der Waals surface area contributed by atoms with Crippen molar-refractivity contribution in [3.8, 4) is 0 Å². The first-order valence-corrected chi connectivity index (χ1v) is 6.69. The molecular formula is C13H24N2O2. The Kier molecular flexibility index (Phi) is 4.05. The van der Waals surface area contributed by atoms with E-state index in [-0.39, 0.29) is 17.9 Å². The summed E-state index contributed by atoms with van der Waals surface area (Å²) in [6, 6.07) is 0.528. The fourth-order valence-electron chi connectivity index (χ4n) is 2.96. The topological polar surface area (TPSA) is 50.4 Å². The Hall–Kier alpha value is -0.610. The molecule has 1 saturated heterocycles. The number of likely N-dealkylation sites (N-methyl/N-ethyl adjacent to an activating group) is 1. The average molecular weight is 240 g/mol. The molecule has 98 valence electrons. The maximum Gasteiger partial charge on any atom is 0.227 e. The van der Waals surface area contributed by atoms with Crippen molar-refractivity contribution >= 4 is 5.91 Å². The molecule has 2 aliphatic rings. The second-order valence-corrected chi connectivity index (χ2v) is 5.57. The molecule has 2 N–H and O–H groups in total. The van der Waals surface area contributed by atoms with E-state index in [1.54, 1.807) is 0 Å². The van der Waals surface area contributed by atoms with Crippen LogP contribution in [-0.4, -0.2) is 38.3 Å². The Labute approximate surface area is 103 Å². The van der Waals surface area contributed by atoms with Gasteiger partial charge in [-0.15, -0.1) is 0 Å². The fourth-order valence-corrected chi connectivity index (χ4v) is 2.96. The lowest BCUT2D eigenvalue weighted by molar-refractivity contribution is -0.126. The van der Waals surface area contributed by atoms with Crippen molar-refractivity contribution in [3.63, 3.8) is 0 Å². The molecule has 0 aromatic heterocycles. The second kappa shape index (κ2) is 5.36. The van der Waals surface area contributed by atoms with E-state index < -0.39 is 0 Å². The molecule has 0 spiro atoms. The van der Waals surface area contributed by atoms with Crippen LogP contribution < -0.4 is 10.6 Å². The minimum Gasteiger partial charge on any atom is -0.379 e. The van der Waals surface area contributed by atoms with Crippen molar-refractivity contribution in [2.45, 2.75) is 38.8 Å². The number of carbonyl (C=O) groups is 1. The largest absolute Gasteiger partial charge is 0.379 e. The standard InChI is InChI=1S/C13H24N2O2/c1-8-4-5-11(9(8)2)15-13(16)10-6-17-7-12(10)14-3/h8-12,14H,4-7H2,1-3H3,(H,15,16). The molecule has 0 aromatic rings. The van der Waals surface area contributed by atoms with Crippen LogP contribution in [0, 0.1) is 17.8 Å². The summed E-state index contributed by atoms with van der Waals surface area (Å²) >= 11 is 0. The van der Waals surface area contributed by atoms with Crippen molar-refractivity contribution in [3.05, 3.63) is 0 Å². The molecular weight excluding hydrogens is 216 g/mol. The first-order valence-electron chi connectivity index (χ1n) is 6.69. The van der Waals surface area contributed by atoms with Gasteiger partial charge < -0.3 is 15.4 Å². The van der Waals surface area contributed by atoms with Crippen molar-refractivity contribution < 1.29 is 9.53 Å². The molecule has 4 heteroatoms. The van der Waals surface area contributed by atoms with Crippen LogP contribution in [0.25, 0.3) is 0 Å². The van der Waals surface area contributed by atoms with Gasteiger partial charge in [0.1, 0.15) is 0 Å². The van der Waals surface area contributed by atoms with Gasteiger partial charge in [-0.3, -0.25) is 4.79 Å². The zero-order chi connectivity index (χ0) is 12.4. The highest BCUT2D eigenvalue weighted by atomic mass is 16.5. The number of hydrogen-bond acceptors (Lipinski definition) is 3. The van der Waals surface area contributed by atoms with Crippen LogP contribution in [0.3, 0.4) is 0 Å². The van der Waals surface area contributed by atoms with E-state index in [1.165, 1.54) is 6.42 Å². The Morgan fingerprint density at radius 2 is 1.94 bits per heavy atom. The summed E-state index contributed by atoms with van der Waals surface area (Å²) in [7, 11) is 1.89. The Morgan fingerprint density at radius 3 is 2.53 bits per heavy atom. The first-order chi connectivity index (χ1) is 8.13. The maximum absolute atomic E-state index is 12.2. The van der Waals surface area contributed by atoms with E-state index in [9.17, 15) is 4.79 Å². The maximum atomic E-state index is 12.2. The third-order valence-corrected chi connectivity index (χ3v) is 4.58. The number of nitrogens with one attached hydrogen (secondary N) is 2. The molecule has 1 heterocycles. The molecule has 1 amide bonds. The van der Waals surface area contributed by atoms with E-state index >= 15 is 0 Å². The molecule has 1 saturated carbocycles. The van der Waals surface area contributed by atoms with Gasteiger partial charge in [0.25, 0.3) is 0 Å². The third kappa shape index (κ3) is 2.63. The molecule has 2 fully saturated rings. The minimum atomic E-state index is -0.0249. The van der Waals surface area contributed by atoms with Crippen molar-refractivity contribution in [2.24, 2.45) is 17.8 Å². The molecule has 0 radical (unpaired) electrons. The first kappa shape index (κ1) is 12.8. The lowest BCUT2D eigenvalue weighted by Gasteiger charge is -2.23. The number of amides is 1. The van der Waals surface area contributed by atoms with E-state index in [0.29, 0.717) is 25.2 Å². The Morgan fingerprint density at radius 1 is 1.18 bits per heavy atom. The van der Waals surface area contributed by atoms with Gasteiger partial charge in [-0.05, 0) is 31.7 Å². The van der Waals surface area contributed by atoms with Gasteiger partial charge in [0, 0.05) is 12.1 Å². The predicted molar refractivity (Wildman–Crippen MR) is 66.6 cm³/mol. The van der Waals surface area contributed by atoms with Crippen LogP contribution in [-0.2, 0) is 9.53 Å². The van der Waals surface area contributed by atoms with Crippen molar-refractivity contribution in [2.75, 3.05) is 20.3 Å². The van der Waals surface area contributed by atoms with Gasteiger partial charge in [-0.1, -0.05) is 13.8 Å². The van der Waals surface area contributed by atoms with Crippen LogP contribution in [0.5, 0.6) is 0 Å². The Bertz CT molecular complexity index is 283. The van der Waals surface area contributed by atoms with E-state index in [0.717, 1.165) is 12.3 Å². The van der Waals surface area contributed by atoms with Gasteiger partial charge >= 0.3 is 0 Å². The second-order valence-electron chi connectivity index (χ2n) is 5.57. The number of rotatable bonds is 3. The highest BCUT2D eigenvalue weighted by molar-refractivity contribution is 5.80. The summed E-state index contributed by atoms with van der Waals surface area (Å²) in [4.78, 5) is 12.2. The zero-order valence-electron chi connectivity index (χ0n) is 11.0. The summed E-state index contributed by atoms with van der Waals surface area (Å²) in [6.07, 6.45) is 2.34. The van der Waals surface area contributed by atoms with E-state index in [1.807, 2.05) is 7.05 Å². The fraction of sp³-hybridized carbons (Fsp3) is 0.923. The summed E-state index contributed by atoms with van der Waals surface area (Å²) in [5.74, 6) is 1.45. The lowest BCUT2D eigenvalue weighted by Crippen LogP contribution is -2.47. The molecule has 4 nitrogen and oxygen atoms in total. The molecule has 5 atom stereocenters. The van der Waals surface area contributed by atoms with Crippen LogP contribution in [0.2, 0.25) is 0 Å². The molecule has 1 aliphatic carbocycles. The van der Waals surface area contributed by atoms with Gasteiger partial charge in [0.15, 0.2) is 0 Å². The highest BCUT2D eigenvalue weighted by Crippen LogP contribution is 2.31. The summed E-state index contributed by atoms with van der Waals surface area (Å²) < 4.78 is 5.37. The lowest BCUT2D eigenvalue weighted by atomic mass is 9.96. The number of hydrogen-bond donors (Lipinski definition) is 2. The van der Waals surface area contributed by atoms with Crippen LogP contribution in [0.15, 0.2) is 0 Å². The molecule has 17 heavy (non-hydrogen) atoms. The summed E-state index contributed by atoms with van der Waals surface area (Å²) in [6.45, 7) is 5.70. The van der Waals surface area contributed by atoms with Crippen molar-refractivity contribution in [1.82, 2.24) is 10.6 Å². The normalized spacial score (nSPS) is 41.7. The molecule has 0 aromatic carbocycles. The number of carbonyl (C=O) groups excluding carboxylic acids is 1. The van der Waals surface area contributed by atoms with Gasteiger partial charge in [0.05, 0.1) is 19.1 Å². The molecule has 2 rings (SSSR count). The average Bonchev–Trinajstić information content (AvgIpc) is 2.90. The molecule has 0 bridgehead atoms. The smallest absolute Gasteiger partial charge is 0.227 e. The highest BCUT2D eigenvalue weighted by Gasteiger charge is 2.36. The van der Waals surface area contributed by atoms with E-state index in [2.05, 4.69) is 24.5 Å². The zero-order valence-corrected chi connectivity index (χ0v) is 11.0. The minimum absolute atomic E-state index is 0.0249. The van der Waals surface area contributed by atoms with Crippen molar-refractivity contribution in [1.29, 1.82) is 0 Å². The van der Waals surface area contributed by atoms with Gasteiger partial charge in [0.2, 0.25) is 5.91 Å². The SMILES string of the molecule is CNC1COCC1C(=O)NC1CCC(C)C1C. The van der Waals surface area contributed by atoms with Crippen LogP contribution in [0.1, 0.15) is 26.7 Å². The Balaban J connectivity index is 1.88. The number of ether oxygens (including phenoxy) is 1. The van der Waals surface area contributed by atoms with E-state index in [4.69, 9.17) is 4.74 Å². The monoisotopic (exact) mass is 240 g/mol. The quantitative estimate of drug-likeness (QED) is 0.766. The summed E-state index contributed by atoms with van der Waals surface area (Å²) in [5, 5.41) is 6.36. The third-order valence-electron chi connectivity index (χ3n) is 4.58. The van der Waals surface area contributed by atoms with Gasteiger partial charge in [-0.2, -0.15) is 0 Å². The molecule has 5 unspecified atom stereocenters. The summed E-state index contributed by atoms with van der Waals surface area (Å²) in [5.41, 5.74) is 0. The predicted octanol–water partition coefficient (Wildman–Crippen LogP) is 0.772. The van der Waals surface area contributed by atoms with Gasteiger partial charge in [-0.25, -0.2) is 0 Å². The van der Waals surface area contributed by atoms with Crippen LogP contribution >= 0.6 is 0 Å². The van der Waals surface area contributed by atoms with Crippen LogP contribution in [0.4, 0.5) is 0 Å².